The highest BCUT2D eigenvalue weighted by Gasteiger charge is 2.11. The second kappa shape index (κ2) is 6.47. The van der Waals surface area contributed by atoms with E-state index in [9.17, 15) is 0 Å². The van der Waals surface area contributed by atoms with E-state index < -0.39 is 0 Å². The number of likely N-dealkylation sites (N-methyl/N-ethyl adjacent to an activating group) is 1. The largest absolute Gasteiger partial charge is 0.380 e. The fourth-order valence-corrected chi connectivity index (χ4v) is 2.03. The van der Waals surface area contributed by atoms with Gasteiger partial charge in [-0.2, -0.15) is 0 Å². The molecule has 1 atom stereocenters. The first-order chi connectivity index (χ1) is 8.85. The molecule has 1 N–H and O–H groups in total. The maximum absolute atomic E-state index is 5.52. The van der Waals surface area contributed by atoms with E-state index in [1.807, 2.05) is 31.3 Å². The van der Waals surface area contributed by atoms with Crippen LogP contribution >= 0.6 is 0 Å². The number of hydrogen-bond acceptors (Lipinski definition) is 3. The van der Waals surface area contributed by atoms with Gasteiger partial charge in [-0.1, -0.05) is 25.1 Å². The summed E-state index contributed by atoms with van der Waals surface area (Å²) in [7, 11) is 0. The number of pyridine rings is 1. The molecule has 18 heavy (non-hydrogen) atoms. The van der Waals surface area contributed by atoms with Crippen molar-refractivity contribution in [1.82, 2.24) is 10.3 Å². The van der Waals surface area contributed by atoms with Crippen molar-refractivity contribution in [3.05, 3.63) is 42.1 Å². The van der Waals surface area contributed by atoms with E-state index in [1.165, 1.54) is 10.9 Å². The van der Waals surface area contributed by atoms with E-state index >= 15 is 0 Å². The predicted molar refractivity (Wildman–Crippen MR) is 74.7 cm³/mol. The van der Waals surface area contributed by atoms with Gasteiger partial charge in [0.25, 0.3) is 0 Å². The Hall–Kier alpha value is -1.45. The van der Waals surface area contributed by atoms with Crippen LogP contribution < -0.4 is 5.32 Å². The fourth-order valence-electron chi connectivity index (χ4n) is 2.03. The third kappa shape index (κ3) is 3.06. The third-order valence-corrected chi connectivity index (χ3v) is 2.95. The highest BCUT2D eigenvalue weighted by molar-refractivity contribution is 5.78. The molecule has 0 amide bonds. The molecule has 1 unspecified atom stereocenters. The van der Waals surface area contributed by atoms with Crippen LogP contribution in [0.15, 0.2) is 36.5 Å². The van der Waals surface area contributed by atoms with Gasteiger partial charge < -0.3 is 10.1 Å². The summed E-state index contributed by atoms with van der Waals surface area (Å²) < 4.78 is 5.52. The zero-order valence-corrected chi connectivity index (χ0v) is 11.0. The molecule has 1 aromatic heterocycles. The second-order valence-electron chi connectivity index (χ2n) is 4.23. The van der Waals surface area contributed by atoms with Gasteiger partial charge in [-0.15, -0.1) is 0 Å². The van der Waals surface area contributed by atoms with E-state index in [-0.39, 0.29) is 6.04 Å². The molecule has 2 aromatic rings. The fraction of sp³-hybridized carbons (Fsp3) is 0.400. The Kier molecular flexibility index (Phi) is 4.67. The van der Waals surface area contributed by atoms with Gasteiger partial charge in [0.1, 0.15) is 0 Å². The first-order valence-electron chi connectivity index (χ1n) is 6.51. The van der Waals surface area contributed by atoms with E-state index in [2.05, 4.69) is 29.4 Å². The number of hydrogen-bond donors (Lipinski definition) is 1. The molecule has 0 spiro atoms. The number of nitrogens with zero attached hydrogens (tertiary/aromatic N) is 1. The lowest BCUT2D eigenvalue weighted by molar-refractivity contribution is 0.123. The zero-order chi connectivity index (χ0) is 12.8. The second-order valence-corrected chi connectivity index (χ2v) is 4.23. The summed E-state index contributed by atoms with van der Waals surface area (Å²) in [6.07, 6.45) is 1.94. The van der Waals surface area contributed by atoms with E-state index in [0.29, 0.717) is 6.61 Å². The molecule has 1 heterocycles. The molecule has 0 saturated heterocycles. The van der Waals surface area contributed by atoms with Gasteiger partial charge in [-0.05, 0) is 31.2 Å². The standard InChI is InChI=1S/C15H20N2O/c1-3-16-15(11-18-4-2)13-9-12-7-5-6-8-14(12)17-10-13/h5-10,15-16H,3-4,11H2,1-2H3. The van der Waals surface area contributed by atoms with Crippen molar-refractivity contribution >= 4 is 10.9 Å². The SMILES string of the molecule is CCNC(COCC)c1cnc2ccccc2c1. The summed E-state index contributed by atoms with van der Waals surface area (Å²) in [5.74, 6) is 0. The van der Waals surface area contributed by atoms with Gasteiger partial charge in [0.05, 0.1) is 18.2 Å². The number of rotatable bonds is 6. The van der Waals surface area contributed by atoms with Crippen LogP contribution in [0.4, 0.5) is 0 Å². The van der Waals surface area contributed by atoms with Crippen molar-refractivity contribution in [3.63, 3.8) is 0 Å². The lowest BCUT2D eigenvalue weighted by Gasteiger charge is -2.18. The molecular weight excluding hydrogens is 224 g/mol. The molecule has 0 aliphatic carbocycles. The monoisotopic (exact) mass is 244 g/mol. The molecular formula is C15H20N2O. The normalized spacial score (nSPS) is 12.8. The van der Waals surface area contributed by atoms with Crippen molar-refractivity contribution in [2.75, 3.05) is 19.8 Å². The number of fused-ring (bicyclic) bond motifs is 1. The predicted octanol–water partition coefficient (Wildman–Crippen LogP) is 2.92. The molecule has 3 nitrogen and oxygen atoms in total. The average molecular weight is 244 g/mol. The molecule has 0 fully saturated rings. The van der Waals surface area contributed by atoms with Crippen LogP contribution in [-0.2, 0) is 4.74 Å². The first kappa shape index (κ1) is 13.0. The number of nitrogens with one attached hydrogen (secondary N) is 1. The van der Waals surface area contributed by atoms with E-state index in [0.717, 1.165) is 18.7 Å². The molecule has 2 rings (SSSR count). The highest BCUT2D eigenvalue weighted by atomic mass is 16.5. The van der Waals surface area contributed by atoms with Crippen LogP contribution in [0.2, 0.25) is 0 Å². The Morgan fingerprint density at radius 2 is 2.11 bits per heavy atom. The molecule has 0 bridgehead atoms. The Balaban J connectivity index is 2.25. The Bertz CT molecular complexity index is 499. The number of para-hydroxylation sites is 1. The van der Waals surface area contributed by atoms with Crippen molar-refractivity contribution in [2.45, 2.75) is 19.9 Å². The van der Waals surface area contributed by atoms with Crippen LogP contribution in [0, 0.1) is 0 Å². The van der Waals surface area contributed by atoms with Crippen molar-refractivity contribution < 1.29 is 4.74 Å². The van der Waals surface area contributed by atoms with Crippen LogP contribution in [0.3, 0.4) is 0 Å². The van der Waals surface area contributed by atoms with Crippen LogP contribution in [-0.4, -0.2) is 24.7 Å². The van der Waals surface area contributed by atoms with Crippen LogP contribution in [0.25, 0.3) is 10.9 Å². The van der Waals surface area contributed by atoms with Crippen molar-refractivity contribution in [2.24, 2.45) is 0 Å². The number of aromatic nitrogens is 1. The minimum atomic E-state index is 0.215. The topological polar surface area (TPSA) is 34.1 Å². The van der Waals surface area contributed by atoms with Gasteiger partial charge >= 0.3 is 0 Å². The summed E-state index contributed by atoms with van der Waals surface area (Å²) in [6, 6.07) is 10.6. The van der Waals surface area contributed by atoms with Gasteiger partial charge in [-0.3, -0.25) is 4.98 Å². The van der Waals surface area contributed by atoms with Gasteiger partial charge in [0.2, 0.25) is 0 Å². The Morgan fingerprint density at radius 3 is 2.89 bits per heavy atom. The Labute approximate surface area is 108 Å². The van der Waals surface area contributed by atoms with Crippen molar-refractivity contribution in [1.29, 1.82) is 0 Å². The maximum Gasteiger partial charge on any atom is 0.0702 e. The molecule has 0 radical (unpaired) electrons. The minimum absolute atomic E-state index is 0.215. The Morgan fingerprint density at radius 1 is 1.28 bits per heavy atom. The zero-order valence-electron chi connectivity index (χ0n) is 11.0. The van der Waals surface area contributed by atoms with E-state index in [1.54, 1.807) is 0 Å². The third-order valence-electron chi connectivity index (χ3n) is 2.95. The number of ether oxygens (including phenoxy) is 1. The van der Waals surface area contributed by atoms with Gasteiger partial charge in [0.15, 0.2) is 0 Å². The molecule has 0 aliphatic rings. The van der Waals surface area contributed by atoms with Crippen LogP contribution in [0.5, 0.6) is 0 Å². The molecule has 0 saturated carbocycles. The quantitative estimate of drug-likeness (QED) is 0.848. The smallest absolute Gasteiger partial charge is 0.0702 e. The minimum Gasteiger partial charge on any atom is -0.380 e. The summed E-state index contributed by atoms with van der Waals surface area (Å²) in [5.41, 5.74) is 2.22. The van der Waals surface area contributed by atoms with Crippen LogP contribution in [0.1, 0.15) is 25.5 Å². The average Bonchev–Trinajstić information content (AvgIpc) is 2.43. The molecule has 0 aliphatic heterocycles. The number of benzene rings is 1. The first-order valence-corrected chi connectivity index (χ1v) is 6.51. The van der Waals surface area contributed by atoms with Gasteiger partial charge in [0, 0.05) is 18.2 Å². The lowest BCUT2D eigenvalue weighted by Crippen LogP contribution is -2.25. The maximum atomic E-state index is 5.52. The van der Waals surface area contributed by atoms with E-state index in [4.69, 9.17) is 4.74 Å². The summed E-state index contributed by atoms with van der Waals surface area (Å²) in [6.45, 7) is 6.47. The van der Waals surface area contributed by atoms with Crippen molar-refractivity contribution in [3.8, 4) is 0 Å². The molecule has 3 heteroatoms. The highest BCUT2D eigenvalue weighted by Crippen LogP contribution is 2.18. The summed E-state index contributed by atoms with van der Waals surface area (Å²) in [4.78, 5) is 4.50. The van der Waals surface area contributed by atoms with Gasteiger partial charge in [-0.25, -0.2) is 0 Å². The summed E-state index contributed by atoms with van der Waals surface area (Å²) in [5, 5.41) is 4.61. The lowest BCUT2D eigenvalue weighted by atomic mass is 10.1. The molecule has 1 aromatic carbocycles. The molecule has 96 valence electrons. The summed E-state index contributed by atoms with van der Waals surface area (Å²) >= 11 is 0.